The van der Waals surface area contributed by atoms with E-state index in [1.807, 2.05) is 0 Å². The van der Waals surface area contributed by atoms with Gasteiger partial charge in [-0.1, -0.05) is 12.1 Å². The number of ether oxygens (including phenoxy) is 1. The molecule has 0 aromatic heterocycles. The van der Waals surface area contributed by atoms with Crippen LogP contribution in [-0.2, 0) is 25.9 Å². The third kappa shape index (κ3) is 5.85. The van der Waals surface area contributed by atoms with E-state index >= 15 is 0 Å². The van der Waals surface area contributed by atoms with E-state index < -0.39 is 9.84 Å². The van der Waals surface area contributed by atoms with Gasteiger partial charge in [-0.2, -0.15) is 0 Å². The number of rotatable bonds is 7. The van der Waals surface area contributed by atoms with Gasteiger partial charge in [-0.05, 0) is 24.6 Å². The summed E-state index contributed by atoms with van der Waals surface area (Å²) < 4.78 is 27.3. The van der Waals surface area contributed by atoms with Gasteiger partial charge in [-0.15, -0.1) is 0 Å². The van der Waals surface area contributed by atoms with Crippen molar-refractivity contribution in [3.63, 3.8) is 0 Å². The van der Waals surface area contributed by atoms with Crippen molar-refractivity contribution in [1.82, 2.24) is 5.32 Å². The second kappa shape index (κ2) is 7.25. The van der Waals surface area contributed by atoms with Crippen LogP contribution in [0.25, 0.3) is 0 Å². The minimum Gasteiger partial charge on any atom is -0.466 e. The Bertz CT molecular complexity index is 508. The van der Waals surface area contributed by atoms with E-state index in [1.54, 1.807) is 31.2 Å². The number of nitrogens with one attached hydrogen (secondary N) is 1. The summed E-state index contributed by atoms with van der Waals surface area (Å²) >= 11 is 0. The number of benzene rings is 1. The fourth-order valence-corrected chi connectivity index (χ4v) is 2.14. The van der Waals surface area contributed by atoms with Crippen LogP contribution in [0.2, 0.25) is 0 Å². The number of carbonyl (C=O) groups is 1. The fourth-order valence-electron chi connectivity index (χ4n) is 1.51. The molecule has 0 aliphatic rings. The lowest BCUT2D eigenvalue weighted by molar-refractivity contribution is -0.142. The maximum Gasteiger partial charge on any atom is 0.307 e. The lowest BCUT2D eigenvalue weighted by Crippen LogP contribution is -2.19. The van der Waals surface area contributed by atoms with Crippen LogP contribution in [0, 0.1) is 0 Å². The number of carbonyl (C=O) groups excluding carboxylic acids is 1. The molecule has 0 heterocycles. The van der Waals surface area contributed by atoms with Crippen LogP contribution in [-0.4, -0.2) is 33.8 Å². The molecule has 0 atom stereocenters. The van der Waals surface area contributed by atoms with Gasteiger partial charge in [0.15, 0.2) is 9.84 Å². The second-order valence-corrected chi connectivity index (χ2v) is 6.16. The van der Waals surface area contributed by atoms with Gasteiger partial charge in [-0.25, -0.2) is 8.42 Å². The maximum atomic E-state index is 11.3. The molecular formula is C13H19NO4S. The van der Waals surface area contributed by atoms with Crippen molar-refractivity contribution in [2.75, 3.05) is 19.4 Å². The van der Waals surface area contributed by atoms with Crippen LogP contribution in [0.5, 0.6) is 0 Å². The molecule has 0 amide bonds. The highest BCUT2D eigenvalue weighted by Crippen LogP contribution is 2.10. The highest BCUT2D eigenvalue weighted by Gasteiger charge is 2.06. The quantitative estimate of drug-likeness (QED) is 0.600. The first-order chi connectivity index (χ1) is 8.93. The summed E-state index contributed by atoms with van der Waals surface area (Å²) in [5, 5.41) is 3.10. The standard InChI is InChI=1S/C13H19NO4S/c1-3-18-13(15)8-9-14-10-11-4-6-12(7-5-11)19(2,16)17/h4-7,14H,3,8-10H2,1-2H3. The first-order valence-corrected chi connectivity index (χ1v) is 7.98. The molecule has 0 spiro atoms. The zero-order valence-corrected chi connectivity index (χ0v) is 12.0. The molecule has 1 N–H and O–H groups in total. The molecule has 0 aliphatic carbocycles. The molecule has 19 heavy (non-hydrogen) atoms. The van der Waals surface area contributed by atoms with Crippen LogP contribution >= 0.6 is 0 Å². The zero-order valence-electron chi connectivity index (χ0n) is 11.2. The third-order valence-corrected chi connectivity index (χ3v) is 3.62. The molecule has 0 aliphatic heterocycles. The van der Waals surface area contributed by atoms with Gasteiger partial charge in [-0.3, -0.25) is 4.79 Å². The minimum atomic E-state index is -3.14. The Morgan fingerprint density at radius 3 is 2.42 bits per heavy atom. The highest BCUT2D eigenvalue weighted by atomic mass is 32.2. The zero-order chi connectivity index (χ0) is 14.3. The van der Waals surface area contributed by atoms with E-state index in [9.17, 15) is 13.2 Å². The maximum absolute atomic E-state index is 11.3. The van der Waals surface area contributed by atoms with Crippen molar-refractivity contribution < 1.29 is 17.9 Å². The second-order valence-electron chi connectivity index (χ2n) is 4.15. The minimum absolute atomic E-state index is 0.220. The van der Waals surface area contributed by atoms with Crippen molar-refractivity contribution in [2.45, 2.75) is 24.8 Å². The number of esters is 1. The Kier molecular flexibility index (Phi) is 5.98. The van der Waals surface area contributed by atoms with Gasteiger partial charge in [0.2, 0.25) is 0 Å². The molecule has 1 aromatic rings. The van der Waals surface area contributed by atoms with Gasteiger partial charge in [0.1, 0.15) is 0 Å². The van der Waals surface area contributed by atoms with E-state index in [1.165, 1.54) is 6.26 Å². The molecule has 6 heteroatoms. The first kappa shape index (κ1) is 15.7. The first-order valence-electron chi connectivity index (χ1n) is 6.09. The Morgan fingerprint density at radius 1 is 1.26 bits per heavy atom. The number of sulfone groups is 1. The topological polar surface area (TPSA) is 72.5 Å². The van der Waals surface area contributed by atoms with E-state index in [-0.39, 0.29) is 5.97 Å². The summed E-state index contributed by atoms with van der Waals surface area (Å²) in [6, 6.07) is 6.68. The van der Waals surface area contributed by atoms with Gasteiger partial charge in [0, 0.05) is 19.3 Å². The molecule has 0 radical (unpaired) electrons. The number of hydrogen-bond acceptors (Lipinski definition) is 5. The fraction of sp³-hybridized carbons (Fsp3) is 0.462. The molecule has 0 saturated carbocycles. The van der Waals surface area contributed by atoms with Crippen molar-refractivity contribution in [2.24, 2.45) is 0 Å². The molecule has 106 valence electrons. The predicted molar refractivity (Wildman–Crippen MR) is 72.5 cm³/mol. The van der Waals surface area contributed by atoms with Crippen LogP contribution in [0.15, 0.2) is 29.2 Å². The lowest BCUT2D eigenvalue weighted by atomic mass is 10.2. The van der Waals surface area contributed by atoms with Crippen LogP contribution in [0.1, 0.15) is 18.9 Å². The molecule has 0 saturated heterocycles. The SMILES string of the molecule is CCOC(=O)CCNCc1ccc(S(C)(=O)=O)cc1. The predicted octanol–water partition coefficient (Wildman–Crippen LogP) is 1.13. The Labute approximate surface area is 113 Å². The number of hydrogen-bond donors (Lipinski definition) is 1. The van der Waals surface area contributed by atoms with Crippen LogP contribution < -0.4 is 5.32 Å². The third-order valence-electron chi connectivity index (χ3n) is 2.49. The van der Waals surface area contributed by atoms with Crippen molar-refractivity contribution in [3.05, 3.63) is 29.8 Å². The van der Waals surface area contributed by atoms with E-state index in [4.69, 9.17) is 4.74 Å². The summed E-state index contributed by atoms with van der Waals surface area (Å²) in [6.07, 6.45) is 1.51. The monoisotopic (exact) mass is 285 g/mol. The van der Waals surface area contributed by atoms with Crippen LogP contribution in [0.3, 0.4) is 0 Å². The molecule has 1 aromatic carbocycles. The molecule has 0 fully saturated rings. The summed E-state index contributed by atoms with van der Waals surface area (Å²) in [6.45, 7) is 3.29. The van der Waals surface area contributed by atoms with Crippen molar-refractivity contribution in [3.8, 4) is 0 Å². The van der Waals surface area contributed by atoms with Crippen molar-refractivity contribution in [1.29, 1.82) is 0 Å². The Hall–Kier alpha value is -1.40. The van der Waals surface area contributed by atoms with E-state index in [0.29, 0.717) is 31.0 Å². The van der Waals surface area contributed by atoms with E-state index in [2.05, 4.69) is 5.32 Å². The molecule has 0 bridgehead atoms. The van der Waals surface area contributed by atoms with Crippen LogP contribution in [0.4, 0.5) is 0 Å². The summed E-state index contributed by atoms with van der Waals surface area (Å²) in [4.78, 5) is 11.4. The largest absolute Gasteiger partial charge is 0.466 e. The molecule has 5 nitrogen and oxygen atoms in total. The lowest BCUT2D eigenvalue weighted by Gasteiger charge is -2.05. The Morgan fingerprint density at radius 2 is 1.89 bits per heavy atom. The molecular weight excluding hydrogens is 266 g/mol. The summed E-state index contributed by atoms with van der Waals surface area (Å²) in [7, 11) is -3.14. The average Bonchev–Trinajstić information content (AvgIpc) is 2.34. The molecule has 0 unspecified atom stereocenters. The van der Waals surface area contributed by atoms with Gasteiger partial charge < -0.3 is 10.1 Å². The molecule has 1 rings (SSSR count). The van der Waals surface area contributed by atoms with E-state index in [0.717, 1.165) is 5.56 Å². The summed E-state index contributed by atoms with van der Waals surface area (Å²) in [5.74, 6) is -0.220. The Balaban J connectivity index is 2.37. The normalized spacial score (nSPS) is 11.3. The summed E-state index contributed by atoms with van der Waals surface area (Å²) in [5.41, 5.74) is 0.969. The van der Waals surface area contributed by atoms with Gasteiger partial charge in [0.05, 0.1) is 17.9 Å². The highest BCUT2D eigenvalue weighted by molar-refractivity contribution is 7.90. The van der Waals surface area contributed by atoms with Crippen molar-refractivity contribution >= 4 is 15.8 Å². The average molecular weight is 285 g/mol. The smallest absolute Gasteiger partial charge is 0.307 e. The van der Waals surface area contributed by atoms with Gasteiger partial charge in [0.25, 0.3) is 0 Å². The van der Waals surface area contributed by atoms with Gasteiger partial charge >= 0.3 is 5.97 Å².